The van der Waals surface area contributed by atoms with E-state index in [1.807, 2.05) is 0 Å². The van der Waals surface area contributed by atoms with E-state index in [1.54, 1.807) is 0 Å². The molecule has 0 aromatic carbocycles. The Balaban J connectivity index is 1.76. The highest BCUT2D eigenvalue weighted by molar-refractivity contribution is 4.84. The van der Waals surface area contributed by atoms with Gasteiger partial charge in [-0.2, -0.15) is 0 Å². The molecule has 1 saturated carbocycles. The van der Waals surface area contributed by atoms with Crippen molar-refractivity contribution in [2.45, 2.75) is 38.1 Å². The number of nitrogens with one attached hydrogen (secondary N) is 1. The van der Waals surface area contributed by atoms with Crippen molar-refractivity contribution in [2.24, 2.45) is 17.6 Å². The van der Waals surface area contributed by atoms with Gasteiger partial charge in [0.15, 0.2) is 0 Å². The molecule has 2 unspecified atom stereocenters. The summed E-state index contributed by atoms with van der Waals surface area (Å²) in [6.45, 7) is 2.29. The Hall–Kier alpha value is -0.0800. The second kappa shape index (κ2) is 3.75. The average Bonchev–Trinajstić information content (AvgIpc) is 2.00. The Morgan fingerprint density at radius 1 is 1.25 bits per heavy atom. The Bertz CT molecular complexity index is 143. The minimum absolute atomic E-state index is 0.479. The number of hydrogen-bond donors (Lipinski definition) is 2. The van der Waals surface area contributed by atoms with Crippen molar-refractivity contribution in [2.75, 3.05) is 13.1 Å². The van der Waals surface area contributed by atoms with Crippen molar-refractivity contribution >= 4 is 0 Å². The van der Waals surface area contributed by atoms with Crippen LogP contribution in [0.15, 0.2) is 0 Å². The average molecular weight is 168 g/mol. The van der Waals surface area contributed by atoms with Crippen LogP contribution in [0.1, 0.15) is 32.1 Å². The quantitative estimate of drug-likeness (QED) is 0.648. The van der Waals surface area contributed by atoms with E-state index >= 15 is 0 Å². The van der Waals surface area contributed by atoms with Gasteiger partial charge in [-0.1, -0.05) is 19.3 Å². The van der Waals surface area contributed by atoms with Gasteiger partial charge in [0, 0.05) is 6.04 Å². The molecule has 2 nitrogen and oxygen atoms in total. The summed E-state index contributed by atoms with van der Waals surface area (Å²) in [6.07, 6.45) is 6.94. The van der Waals surface area contributed by atoms with Gasteiger partial charge in [-0.25, -0.2) is 0 Å². The first-order valence-corrected chi connectivity index (χ1v) is 5.32. The van der Waals surface area contributed by atoms with E-state index < -0.39 is 0 Å². The predicted octanol–water partition coefficient (Wildman–Crippen LogP) is 1.11. The van der Waals surface area contributed by atoms with Crippen LogP contribution >= 0.6 is 0 Å². The molecule has 3 N–H and O–H groups in total. The molecular formula is C10H20N2. The van der Waals surface area contributed by atoms with Crippen LogP contribution in [0.5, 0.6) is 0 Å². The van der Waals surface area contributed by atoms with Crippen molar-refractivity contribution in [1.82, 2.24) is 5.32 Å². The van der Waals surface area contributed by atoms with Crippen LogP contribution in [0.2, 0.25) is 0 Å². The lowest BCUT2D eigenvalue weighted by Crippen LogP contribution is -2.45. The lowest BCUT2D eigenvalue weighted by molar-refractivity contribution is 0.206. The number of rotatable bonds is 2. The van der Waals surface area contributed by atoms with E-state index in [4.69, 9.17) is 5.73 Å². The standard InChI is InChI=1S/C10H20N2/c11-10-4-5-12-7-9(10)6-8-2-1-3-8/h8-10,12H,1-7,11H2. The number of hydrogen-bond acceptors (Lipinski definition) is 2. The van der Waals surface area contributed by atoms with Gasteiger partial charge in [0.05, 0.1) is 0 Å². The fraction of sp³-hybridized carbons (Fsp3) is 1.00. The molecule has 0 amide bonds. The van der Waals surface area contributed by atoms with Gasteiger partial charge in [-0.3, -0.25) is 0 Å². The van der Waals surface area contributed by atoms with Gasteiger partial charge in [-0.15, -0.1) is 0 Å². The van der Waals surface area contributed by atoms with E-state index in [0.717, 1.165) is 24.9 Å². The van der Waals surface area contributed by atoms with E-state index in [9.17, 15) is 0 Å². The Labute approximate surface area is 74.9 Å². The van der Waals surface area contributed by atoms with Crippen molar-refractivity contribution in [3.63, 3.8) is 0 Å². The molecule has 2 atom stereocenters. The summed E-state index contributed by atoms with van der Waals surface area (Å²) in [4.78, 5) is 0. The molecule has 0 aromatic rings. The third-order valence-corrected chi connectivity index (χ3v) is 3.53. The Morgan fingerprint density at radius 2 is 2.08 bits per heavy atom. The molecule has 2 heteroatoms. The van der Waals surface area contributed by atoms with Crippen LogP contribution in [0.3, 0.4) is 0 Å². The van der Waals surface area contributed by atoms with Crippen LogP contribution in [-0.2, 0) is 0 Å². The molecule has 1 aliphatic heterocycles. The van der Waals surface area contributed by atoms with Crippen LogP contribution in [0.25, 0.3) is 0 Å². The molecule has 2 fully saturated rings. The fourth-order valence-corrected chi connectivity index (χ4v) is 2.36. The van der Waals surface area contributed by atoms with Gasteiger partial charge in [0.25, 0.3) is 0 Å². The summed E-state index contributed by atoms with van der Waals surface area (Å²) in [5, 5.41) is 3.44. The van der Waals surface area contributed by atoms with Gasteiger partial charge in [0.2, 0.25) is 0 Å². The first-order valence-electron chi connectivity index (χ1n) is 5.32. The fourth-order valence-electron chi connectivity index (χ4n) is 2.36. The van der Waals surface area contributed by atoms with Crippen LogP contribution in [-0.4, -0.2) is 19.1 Å². The molecule has 1 saturated heterocycles. The number of nitrogens with two attached hydrogens (primary N) is 1. The monoisotopic (exact) mass is 168 g/mol. The van der Waals surface area contributed by atoms with Crippen molar-refractivity contribution in [3.8, 4) is 0 Å². The summed E-state index contributed by atoms with van der Waals surface area (Å²) in [7, 11) is 0. The molecule has 1 heterocycles. The maximum atomic E-state index is 6.07. The van der Waals surface area contributed by atoms with Crippen molar-refractivity contribution < 1.29 is 0 Å². The zero-order valence-corrected chi connectivity index (χ0v) is 7.76. The third kappa shape index (κ3) is 1.80. The summed E-state index contributed by atoms with van der Waals surface area (Å²) in [5.74, 6) is 1.78. The summed E-state index contributed by atoms with van der Waals surface area (Å²) < 4.78 is 0. The van der Waals surface area contributed by atoms with E-state index in [0.29, 0.717) is 6.04 Å². The zero-order valence-electron chi connectivity index (χ0n) is 7.76. The van der Waals surface area contributed by atoms with Gasteiger partial charge in [0.1, 0.15) is 0 Å². The molecule has 70 valence electrons. The third-order valence-electron chi connectivity index (χ3n) is 3.53. The van der Waals surface area contributed by atoms with E-state index in [2.05, 4.69) is 5.32 Å². The normalized spacial score (nSPS) is 37.8. The highest BCUT2D eigenvalue weighted by atomic mass is 14.9. The molecule has 2 rings (SSSR count). The van der Waals surface area contributed by atoms with Crippen LogP contribution in [0, 0.1) is 11.8 Å². The smallest absolute Gasteiger partial charge is 0.00914 e. The second-order valence-electron chi connectivity index (χ2n) is 4.45. The molecule has 1 aliphatic carbocycles. The second-order valence-corrected chi connectivity index (χ2v) is 4.45. The highest BCUT2D eigenvalue weighted by Gasteiger charge is 2.27. The van der Waals surface area contributed by atoms with Crippen molar-refractivity contribution in [1.29, 1.82) is 0 Å². The Kier molecular flexibility index (Phi) is 2.66. The van der Waals surface area contributed by atoms with E-state index in [-0.39, 0.29) is 0 Å². The minimum Gasteiger partial charge on any atom is -0.327 e. The molecule has 0 spiro atoms. The molecule has 12 heavy (non-hydrogen) atoms. The van der Waals surface area contributed by atoms with Gasteiger partial charge in [-0.05, 0) is 37.8 Å². The van der Waals surface area contributed by atoms with Crippen molar-refractivity contribution in [3.05, 3.63) is 0 Å². The van der Waals surface area contributed by atoms with Crippen LogP contribution < -0.4 is 11.1 Å². The lowest BCUT2D eigenvalue weighted by Gasteiger charge is -2.35. The molecular weight excluding hydrogens is 148 g/mol. The maximum absolute atomic E-state index is 6.07. The molecule has 0 aromatic heterocycles. The highest BCUT2D eigenvalue weighted by Crippen LogP contribution is 2.33. The minimum atomic E-state index is 0.479. The summed E-state index contributed by atoms with van der Waals surface area (Å²) in [5.41, 5.74) is 6.07. The van der Waals surface area contributed by atoms with Gasteiger partial charge < -0.3 is 11.1 Å². The largest absolute Gasteiger partial charge is 0.327 e. The zero-order chi connectivity index (χ0) is 8.39. The predicted molar refractivity (Wildman–Crippen MR) is 50.9 cm³/mol. The summed E-state index contributed by atoms with van der Waals surface area (Å²) >= 11 is 0. The first kappa shape index (κ1) is 8.52. The lowest BCUT2D eigenvalue weighted by atomic mass is 9.76. The molecule has 0 bridgehead atoms. The summed E-state index contributed by atoms with van der Waals surface area (Å²) in [6, 6.07) is 0.479. The maximum Gasteiger partial charge on any atom is 0.00914 e. The Morgan fingerprint density at radius 3 is 2.67 bits per heavy atom. The molecule has 0 radical (unpaired) electrons. The van der Waals surface area contributed by atoms with Crippen LogP contribution in [0.4, 0.5) is 0 Å². The van der Waals surface area contributed by atoms with E-state index in [1.165, 1.54) is 32.1 Å². The van der Waals surface area contributed by atoms with Gasteiger partial charge >= 0.3 is 0 Å². The molecule has 2 aliphatic rings. The SMILES string of the molecule is NC1CCNCC1CC1CCC1. The first-order chi connectivity index (χ1) is 5.86. The number of piperidine rings is 1. The topological polar surface area (TPSA) is 38.0 Å².